The van der Waals surface area contributed by atoms with Crippen LogP contribution in [0.1, 0.15) is 57.8 Å². The van der Waals surface area contributed by atoms with Gasteiger partial charge in [-0.15, -0.1) is 0 Å². The highest BCUT2D eigenvalue weighted by Gasteiger charge is 2.42. The van der Waals surface area contributed by atoms with Crippen molar-refractivity contribution < 1.29 is 28.6 Å². The van der Waals surface area contributed by atoms with Crippen molar-refractivity contribution in [1.82, 2.24) is 14.8 Å². The molecule has 0 aromatic carbocycles. The summed E-state index contributed by atoms with van der Waals surface area (Å²) >= 11 is 0. The van der Waals surface area contributed by atoms with Crippen molar-refractivity contribution in [3.05, 3.63) is 22.5 Å². The molecule has 4 rings (SSSR count). The third kappa shape index (κ3) is 4.08. The second-order valence-electron chi connectivity index (χ2n) is 8.64. The minimum Gasteiger partial charge on any atom is -0.465 e. The number of H-pyrrole nitrogens is 1. The molecule has 1 atom stereocenters. The number of nitrogens with zero attached hydrogens (tertiary/aromatic N) is 2. The number of aryl methyl sites for hydroxylation is 1. The zero-order valence-corrected chi connectivity index (χ0v) is 18.5. The molecule has 1 N–H and O–H groups in total. The number of methoxy groups -OCH3 is 1. The predicted molar refractivity (Wildman–Crippen MR) is 111 cm³/mol. The van der Waals surface area contributed by atoms with Gasteiger partial charge < -0.3 is 29.0 Å². The summed E-state index contributed by atoms with van der Waals surface area (Å²) in [7, 11) is 1.32. The van der Waals surface area contributed by atoms with Crippen molar-refractivity contribution in [3.8, 4) is 0 Å². The molecule has 3 saturated heterocycles. The van der Waals surface area contributed by atoms with Crippen LogP contribution in [0.2, 0.25) is 0 Å². The third-order valence-electron chi connectivity index (χ3n) is 6.75. The topological polar surface area (TPSA) is 101 Å². The van der Waals surface area contributed by atoms with E-state index in [9.17, 15) is 14.4 Å². The molecule has 1 spiro atoms. The molecular weight excluding hydrogens is 402 g/mol. The first-order valence-electron chi connectivity index (χ1n) is 11.0. The van der Waals surface area contributed by atoms with Gasteiger partial charge in [0.1, 0.15) is 5.69 Å². The lowest BCUT2D eigenvalue weighted by Crippen LogP contribution is -2.52. The number of aromatic amines is 1. The van der Waals surface area contributed by atoms with Crippen molar-refractivity contribution in [3.63, 3.8) is 0 Å². The summed E-state index contributed by atoms with van der Waals surface area (Å²) in [6.07, 6.45) is 2.92. The quantitative estimate of drug-likeness (QED) is 0.728. The smallest absolute Gasteiger partial charge is 0.339 e. The molecule has 1 aromatic heterocycles. The number of ether oxygens (including phenoxy) is 3. The van der Waals surface area contributed by atoms with Gasteiger partial charge >= 0.3 is 5.97 Å². The number of esters is 1. The number of amides is 2. The van der Waals surface area contributed by atoms with E-state index in [0.717, 1.165) is 12.8 Å². The molecule has 3 aliphatic heterocycles. The summed E-state index contributed by atoms with van der Waals surface area (Å²) in [5, 5.41) is 0. The molecular formula is C22H31N3O6. The summed E-state index contributed by atoms with van der Waals surface area (Å²) in [5.74, 6) is -1.27. The van der Waals surface area contributed by atoms with Crippen LogP contribution in [0.5, 0.6) is 0 Å². The standard InChI is InChI=1S/C22H31N3O6/c1-14-17(21(28)29-3)15(2)23-18(14)20(27)25-8-4-5-16(13-25)19(26)24-9-6-22(7-10-24)30-11-12-31-22/h16,23H,4-13H2,1-3H3. The molecule has 31 heavy (non-hydrogen) atoms. The lowest BCUT2D eigenvalue weighted by molar-refractivity contribution is -0.188. The Morgan fingerprint density at radius 2 is 1.74 bits per heavy atom. The molecule has 1 unspecified atom stereocenters. The van der Waals surface area contributed by atoms with Gasteiger partial charge in [0.2, 0.25) is 5.91 Å². The van der Waals surface area contributed by atoms with Gasteiger partial charge in [-0.25, -0.2) is 4.79 Å². The number of carbonyl (C=O) groups is 3. The van der Waals surface area contributed by atoms with E-state index in [1.165, 1.54) is 7.11 Å². The van der Waals surface area contributed by atoms with E-state index in [2.05, 4.69) is 4.98 Å². The van der Waals surface area contributed by atoms with E-state index in [-0.39, 0.29) is 17.7 Å². The van der Waals surface area contributed by atoms with Gasteiger partial charge in [0.25, 0.3) is 5.91 Å². The van der Waals surface area contributed by atoms with E-state index >= 15 is 0 Å². The summed E-state index contributed by atoms with van der Waals surface area (Å²) < 4.78 is 16.3. The third-order valence-corrected chi connectivity index (χ3v) is 6.75. The Balaban J connectivity index is 1.41. The number of nitrogens with one attached hydrogen (secondary N) is 1. The van der Waals surface area contributed by atoms with E-state index in [4.69, 9.17) is 14.2 Å². The predicted octanol–water partition coefficient (Wildman–Crippen LogP) is 1.64. The van der Waals surface area contributed by atoms with Crippen molar-refractivity contribution in [2.24, 2.45) is 5.92 Å². The van der Waals surface area contributed by atoms with Crippen LogP contribution in [0.3, 0.4) is 0 Å². The van der Waals surface area contributed by atoms with E-state index < -0.39 is 11.8 Å². The molecule has 0 aliphatic carbocycles. The van der Waals surface area contributed by atoms with Crippen LogP contribution < -0.4 is 0 Å². The van der Waals surface area contributed by atoms with Crippen LogP contribution in [0.15, 0.2) is 0 Å². The molecule has 170 valence electrons. The van der Waals surface area contributed by atoms with Gasteiger partial charge in [-0.05, 0) is 32.3 Å². The van der Waals surface area contributed by atoms with Crippen LogP contribution in [0, 0.1) is 19.8 Å². The van der Waals surface area contributed by atoms with Crippen molar-refractivity contribution in [1.29, 1.82) is 0 Å². The second kappa shape index (κ2) is 8.63. The molecule has 4 heterocycles. The number of piperidine rings is 2. The number of hydrogen-bond donors (Lipinski definition) is 1. The molecule has 0 bridgehead atoms. The normalized spacial score (nSPS) is 23.3. The number of aromatic nitrogens is 1. The summed E-state index contributed by atoms with van der Waals surface area (Å²) in [6.45, 7) is 6.93. The number of hydrogen-bond acceptors (Lipinski definition) is 6. The van der Waals surface area contributed by atoms with Crippen molar-refractivity contribution in [2.75, 3.05) is 46.5 Å². The van der Waals surface area contributed by atoms with Gasteiger partial charge in [-0.2, -0.15) is 0 Å². The van der Waals surface area contributed by atoms with E-state index in [0.29, 0.717) is 74.7 Å². The molecule has 3 aliphatic rings. The second-order valence-corrected chi connectivity index (χ2v) is 8.64. The SMILES string of the molecule is COC(=O)c1c(C)[nH]c(C(=O)N2CCCC(C(=O)N3CCC4(CC3)OCCO4)C2)c1C. The highest BCUT2D eigenvalue weighted by molar-refractivity contribution is 6.00. The van der Waals surface area contributed by atoms with E-state index in [1.54, 1.807) is 18.7 Å². The molecule has 3 fully saturated rings. The van der Waals surface area contributed by atoms with Gasteiger partial charge in [0, 0.05) is 44.7 Å². The zero-order chi connectivity index (χ0) is 22.2. The van der Waals surface area contributed by atoms with Gasteiger partial charge in [0.05, 0.1) is 31.8 Å². The Kier molecular flexibility index (Phi) is 6.07. The average Bonchev–Trinajstić information content (AvgIpc) is 3.36. The van der Waals surface area contributed by atoms with Crippen LogP contribution in [-0.4, -0.2) is 84.9 Å². The van der Waals surface area contributed by atoms with Crippen LogP contribution in [-0.2, 0) is 19.0 Å². The van der Waals surface area contributed by atoms with Gasteiger partial charge in [0.15, 0.2) is 5.79 Å². The first kappa shape index (κ1) is 21.8. The Bertz CT molecular complexity index is 863. The number of rotatable bonds is 3. The molecule has 0 saturated carbocycles. The molecule has 1 aromatic rings. The largest absolute Gasteiger partial charge is 0.465 e. The van der Waals surface area contributed by atoms with E-state index in [1.807, 2.05) is 4.90 Å². The first-order chi connectivity index (χ1) is 14.8. The maximum absolute atomic E-state index is 13.2. The van der Waals surface area contributed by atoms with Gasteiger partial charge in [-0.3, -0.25) is 9.59 Å². The fourth-order valence-electron chi connectivity index (χ4n) is 5.01. The van der Waals surface area contributed by atoms with Crippen LogP contribution >= 0.6 is 0 Å². The lowest BCUT2D eigenvalue weighted by atomic mass is 9.94. The number of likely N-dealkylation sites (tertiary alicyclic amines) is 2. The van der Waals surface area contributed by atoms with Crippen molar-refractivity contribution >= 4 is 17.8 Å². The summed E-state index contributed by atoms with van der Waals surface area (Å²) in [4.78, 5) is 45.0. The Hall–Kier alpha value is -2.39. The monoisotopic (exact) mass is 433 g/mol. The average molecular weight is 434 g/mol. The molecule has 0 radical (unpaired) electrons. The minimum atomic E-state index is -0.508. The van der Waals surface area contributed by atoms with Crippen LogP contribution in [0.25, 0.3) is 0 Å². The lowest BCUT2D eigenvalue weighted by Gasteiger charge is -2.40. The molecule has 9 nitrogen and oxygen atoms in total. The fourth-order valence-corrected chi connectivity index (χ4v) is 5.01. The highest BCUT2D eigenvalue weighted by Crippen LogP contribution is 2.32. The van der Waals surface area contributed by atoms with Crippen molar-refractivity contribution in [2.45, 2.75) is 45.3 Å². The Labute approximate surface area is 182 Å². The van der Waals surface area contributed by atoms with Crippen LogP contribution in [0.4, 0.5) is 0 Å². The maximum atomic E-state index is 13.2. The zero-order valence-electron chi connectivity index (χ0n) is 18.5. The van der Waals surface area contributed by atoms with Gasteiger partial charge in [-0.1, -0.05) is 0 Å². The highest BCUT2D eigenvalue weighted by atomic mass is 16.7. The maximum Gasteiger partial charge on any atom is 0.339 e. The summed E-state index contributed by atoms with van der Waals surface area (Å²) in [5.41, 5.74) is 1.98. The minimum absolute atomic E-state index is 0.0972. The Morgan fingerprint density at radius 3 is 2.39 bits per heavy atom. The fraction of sp³-hybridized carbons (Fsp3) is 0.682. The molecule has 2 amide bonds. The molecule has 9 heteroatoms. The first-order valence-corrected chi connectivity index (χ1v) is 11.0. The summed E-state index contributed by atoms with van der Waals surface area (Å²) in [6, 6.07) is 0. The number of carbonyl (C=O) groups excluding carboxylic acids is 3. The Morgan fingerprint density at radius 1 is 1.06 bits per heavy atom.